The van der Waals surface area contributed by atoms with Crippen molar-refractivity contribution in [3.8, 4) is 0 Å². The Bertz CT molecular complexity index is 672. The molecule has 0 spiro atoms. The SMILES string of the molecule is Cc1ccc(C(F)(F)OC23C=C(F)C(C)(CC2)CC3)c(F)c1F. The summed E-state index contributed by atoms with van der Waals surface area (Å²) in [7, 11) is 0. The van der Waals surface area contributed by atoms with Gasteiger partial charge in [-0.15, -0.1) is 0 Å². The summed E-state index contributed by atoms with van der Waals surface area (Å²) in [4.78, 5) is 0. The third-order valence-electron chi connectivity index (χ3n) is 5.09. The lowest BCUT2D eigenvalue weighted by Crippen LogP contribution is -2.47. The zero-order chi connectivity index (χ0) is 17.0. The molecule has 0 atom stereocenters. The van der Waals surface area contributed by atoms with Crippen molar-refractivity contribution in [2.24, 2.45) is 5.41 Å². The first-order valence-electron chi connectivity index (χ1n) is 7.51. The molecule has 0 aromatic heterocycles. The van der Waals surface area contributed by atoms with Gasteiger partial charge in [0.25, 0.3) is 0 Å². The fourth-order valence-electron chi connectivity index (χ4n) is 3.33. The van der Waals surface area contributed by atoms with Crippen molar-refractivity contribution in [2.45, 2.75) is 51.2 Å². The molecule has 23 heavy (non-hydrogen) atoms. The number of aryl methyl sites for hydroxylation is 1. The van der Waals surface area contributed by atoms with Gasteiger partial charge in [-0.3, -0.25) is 0 Å². The van der Waals surface area contributed by atoms with Gasteiger partial charge < -0.3 is 4.74 Å². The highest BCUT2D eigenvalue weighted by atomic mass is 19.3. The molecular formula is C17H17F5O. The minimum atomic E-state index is -4.04. The van der Waals surface area contributed by atoms with Crippen LogP contribution in [0.3, 0.4) is 0 Å². The first-order chi connectivity index (χ1) is 10.6. The monoisotopic (exact) mass is 332 g/mol. The maximum absolute atomic E-state index is 14.4. The molecule has 1 fully saturated rings. The number of halogens is 5. The fraction of sp³-hybridized carbons (Fsp3) is 0.529. The van der Waals surface area contributed by atoms with Crippen LogP contribution < -0.4 is 0 Å². The third kappa shape index (κ3) is 2.57. The number of ether oxygens (including phenoxy) is 1. The molecule has 0 aliphatic heterocycles. The van der Waals surface area contributed by atoms with Crippen LogP contribution in [0.5, 0.6) is 0 Å². The summed E-state index contributed by atoms with van der Waals surface area (Å²) >= 11 is 0. The Morgan fingerprint density at radius 3 is 2.17 bits per heavy atom. The molecular weight excluding hydrogens is 315 g/mol. The van der Waals surface area contributed by atoms with E-state index in [9.17, 15) is 22.0 Å². The average Bonchev–Trinajstić information content (AvgIpc) is 2.46. The lowest BCUT2D eigenvalue weighted by Gasteiger charge is -2.48. The Morgan fingerprint density at radius 2 is 1.61 bits per heavy atom. The molecule has 1 saturated carbocycles. The molecule has 1 aromatic carbocycles. The molecule has 0 heterocycles. The van der Waals surface area contributed by atoms with E-state index in [0.717, 1.165) is 18.2 Å². The molecule has 3 aliphatic rings. The third-order valence-corrected chi connectivity index (χ3v) is 5.09. The van der Waals surface area contributed by atoms with Crippen molar-refractivity contribution in [2.75, 3.05) is 0 Å². The largest absolute Gasteiger partial charge is 0.387 e. The van der Waals surface area contributed by atoms with Gasteiger partial charge in [0.2, 0.25) is 0 Å². The first kappa shape index (κ1) is 16.4. The maximum Gasteiger partial charge on any atom is 0.387 e. The molecule has 0 radical (unpaired) electrons. The Hall–Kier alpha value is -1.43. The van der Waals surface area contributed by atoms with Gasteiger partial charge in [0.05, 0.1) is 11.2 Å². The Morgan fingerprint density at radius 1 is 1.00 bits per heavy atom. The zero-order valence-electron chi connectivity index (χ0n) is 12.9. The number of fused-ring (bicyclic) bond motifs is 2. The van der Waals surface area contributed by atoms with Gasteiger partial charge in [-0.05, 0) is 50.3 Å². The molecule has 2 bridgehead atoms. The summed E-state index contributed by atoms with van der Waals surface area (Å²) in [6.07, 6.45) is -1.74. The van der Waals surface area contributed by atoms with E-state index in [1.807, 2.05) is 0 Å². The molecule has 1 nitrogen and oxygen atoms in total. The molecule has 0 unspecified atom stereocenters. The molecule has 0 amide bonds. The molecule has 0 N–H and O–H groups in total. The molecule has 0 saturated heterocycles. The summed E-state index contributed by atoms with van der Waals surface area (Å²) in [6, 6.07) is 1.87. The van der Waals surface area contributed by atoms with Crippen LogP contribution in [0.4, 0.5) is 22.0 Å². The predicted molar refractivity (Wildman–Crippen MR) is 74.6 cm³/mol. The van der Waals surface area contributed by atoms with Gasteiger partial charge >= 0.3 is 6.11 Å². The summed E-state index contributed by atoms with van der Waals surface area (Å²) in [6.45, 7) is 3.02. The van der Waals surface area contributed by atoms with Crippen LogP contribution in [0.15, 0.2) is 24.0 Å². The van der Waals surface area contributed by atoms with Crippen molar-refractivity contribution >= 4 is 0 Å². The molecule has 4 rings (SSSR count). The summed E-state index contributed by atoms with van der Waals surface area (Å²) in [5.41, 5.74) is -3.33. The van der Waals surface area contributed by atoms with Crippen molar-refractivity contribution < 1.29 is 26.7 Å². The van der Waals surface area contributed by atoms with E-state index in [-0.39, 0.29) is 18.4 Å². The van der Waals surface area contributed by atoms with Crippen molar-refractivity contribution in [3.63, 3.8) is 0 Å². The fourth-order valence-corrected chi connectivity index (χ4v) is 3.33. The van der Waals surface area contributed by atoms with Crippen LogP contribution in [-0.4, -0.2) is 5.60 Å². The second-order valence-corrected chi connectivity index (χ2v) is 6.79. The maximum atomic E-state index is 14.4. The minimum Gasteiger partial charge on any atom is -0.305 e. The van der Waals surface area contributed by atoms with E-state index in [1.54, 1.807) is 6.92 Å². The zero-order valence-corrected chi connectivity index (χ0v) is 12.9. The number of hydrogen-bond donors (Lipinski definition) is 0. The molecule has 1 aromatic rings. The van der Waals surface area contributed by atoms with Gasteiger partial charge in [0, 0.05) is 5.41 Å². The Kier molecular flexibility index (Phi) is 3.59. The van der Waals surface area contributed by atoms with E-state index >= 15 is 0 Å². The number of hydrogen-bond acceptors (Lipinski definition) is 1. The topological polar surface area (TPSA) is 9.23 Å². The van der Waals surface area contributed by atoms with Crippen LogP contribution in [0.2, 0.25) is 0 Å². The average molecular weight is 332 g/mol. The normalized spacial score (nSPS) is 30.5. The van der Waals surface area contributed by atoms with E-state index < -0.39 is 40.1 Å². The second-order valence-electron chi connectivity index (χ2n) is 6.79. The highest BCUT2D eigenvalue weighted by Gasteiger charge is 2.53. The lowest BCUT2D eigenvalue weighted by atomic mass is 9.63. The van der Waals surface area contributed by atoms with Crippen LogP contribution >= 0.6 is 0 Å². The van der Waals surface area contributed by atoms with E-state index in [1.165, 1.54) is 6.92 Å². The summed E-state index contributed by atoms with van der Waals surface area (Å²) in [5, 5.41) is 0. The van der Waals surface area contributed by atoms with Gasteiger partial charge in [-0.2, -0.15) is 8.78 Å². The lowest BCUT2D eigenvalue weighted by molar-refractivity contribution is -0.306. The molecule has 3 aliphatic carbocycles. The smallest absolute Gasteiger partial charge is 0.305 e. The van der Waals surface area contributed by atoms with E-state index in [4.69, 9.17) is 4.74 Å². The summed E-state index contributed by atoms with van der Waals surface area (Å²) < 4.78 is 75.2. The summed E-state index contributed by atoms with van der Waals surface area (Å²) in [5.74, 6) is -3.43. The van der Waals surface area contributed by atoms with E-state index in [2.05, 4.69) is 0 Å². The van der Waals surface area contributed by atoms with Crippen LogP contribution in [0, 0.1) is 24.0 Å². The van der Waals surface area contributed by atoms with Crippen LogP contribution in [0.1, 0.15) is 43.7 Å². The van der Waals surface area contributed by atoms with Crippen molar-refractivity contribution in [1.29, 1.82) is 0 Å². The van der Waals surface area contributed by atoms with Gasteiger partial charge in [-0.1, -0.05) is 13.0 Å². The molecule has 126 valence electrons. The number of allylic oxidation sites excluding steroid dienone is 1. The Balaban J connectivity index is 1.95. The Labute approximate surface area is 131 Å². The van der Waals surface area contributed by atoms with Crippen LogP contribution in [0.25, 0.3) is 0 Å². The van der Waals surface area contributed by atoms with Gasteiger partial charge in [-0.25, -0.2) is 13.2 Å². The second kappa shape index (κ2) is 5.03. The standard InChI is InChI=1S/C17H17F5O/c1-10-3-4-11(14(20)13(10)19)17(21,22)23-16-7-5-15(2,6-8-16)12(18)9-16/h3-4,9H,5-8H2,1-2H3. The number of alkyl halides is 2. The number of benzene rings is 1. The van der Waals surface area contributed by atoms with Crippen molar-refractivity contribution in [3.05, 3.63) is 46.8 Å². The quantitative estimate of drug-likeness (QED) is 0.662. The first-order valence-corrected chi connectivity index (χ1v) is 7.51. The molecule has 6 heteroatoms. The van der Waals surface area contributed by atoms with Crippen LogP contribution in [-0.2, 0) is 10.8 Å². The highest BCUT2D eigenvalue weighted by molar-refractivity contribution is 5.29. The van der Waals surface area contributed by atoms with E-state index in [0.29, 0.717) is 12.8 Å². The van der Waals surface area contributed by atoms with Gasteiger partial charge in [0.15, 0.2) is 11.6 Å². The number of rotatable bonds is 3. The predicted octanol–water partition coefficient (Wildman–Crippen LogP) is 5.53. The van der Waals surface area contributed by atoms with Gasteiger partial charge in [0.1, 0.15) is 5.83 Å². The highest BCUT2D eigenvalue weighted by Crippen LogP contribution is 2.55. The van der Waals surface area contributed by atoms with Crippen molar-refractivity contribution in [1.82, 2.24) is 0 Å². The minimum absolute atomic E-state index is 0.0720.